The molecule has 9 rings (SSSR count). The van der Waals surface area contributed by atoms with E-state index in [-0.39, 0.29) is 0 Å². The zero-order valence-corrected chi connectivity index (χ0v) is 23.8. The molecule has 0 amide bonds. The number of rotatable bonds is 4. The number of nitrogens with zero attached hydrogens (tertiary/aromatic N) is 2. The molecule has 0 fully saturated rings. The fourth-order valence-electron chi connectivity index (χ4n) is 6.68. The van der Waals surface area contributed by atoms with E-state index in [1.54, 1.807) is 6.20 Å². The summed E-state index contributed by atoms with van der Waals surface area (Å²) in [4.78, 5) is 6.89. The molecular formula is C41H26N2O. The topological polar surface area (TPSA) is 29.3 Å². The fraction of sp³-hybridized carbons (Fsp3) is 0. The maximum absolute atomic E-state index is 6.51. The van der Waals surface area contributed by atoms with Gasteiger partial charge in [-0.1, -0.05) is 115 Å². The van der Waals surface area contributed by atoms with Gasteiger partial charge in [0.15, 0.2) is 5.58 Å². The average molecular weight is 563 g/mol. The summed E-state index contributed by atoms with van der Waals surface area (Å²) >= 11 is 0. The van der Waals surface area contributed by atoms with Crippen molar-refractivity contribution in [2.45, 2.75) is 0 Å². The minimum absolute atomic E-state index is 0.643. The van der Waals surface area contributed by atoms with Gasteiger partial charge in [-0.05, 0) is 74.5 Å². The van der Waals surface area contributed by atoms with Crippen molar-refractivity contribution in [3.05, 3.63) is 158 Å². The third kappa shape index (κ3) is 3.80. The van der Waals surface area contributed by atoms with E-state index < -0.39 is 0 Å². The Bertz CT molecular complexity index is 2490. The van der Waals surface area contributed by atoms with E-state index in [1.165, 1.54) is 43.4 Å². The van der Waals surface area contributed by atoms with Crippen molar-refractivity contribution < 1.29 is 4.42 Å². The van der Waals surface area contributed by atoms with E-state index in [2.05, 4.69) is 155 Å². The molecule has 0 saturated carbocycles. The highest BCUT2D eigenvalue weighted by molar-refractivity contribution is 6.24. The molecule has 3 heteroatoms. The van der Waals surface area contributed by atoms with Crippen molar-refractivity contribution in [1.29, 1.82) is 0 Å². The van der Waals surface area contributed by atoms with Gasteiger partial charge < -0.3 is 9.32 Å². The molecule has 0 saturated heterocycles. The van der Waals surface area contributed by atoms with Gasteiger partial charge >= 0.3 is 0 Å². The third-order valence-corrected chi connectivity index (χ3v) is 8.69. The van der Waals surface area contributed by atoms with Crippen LogP contribution in [0.4, 0.5) is 17.1 Å². The zero-order chi connectivity index (χ0) is 29.0. The van der Waals surface area contributed by atoms with Crippen LogP contribution in [-0.2, 0) is 0 Å². The van der Waals surface area contributed by atoms with E-state index in [0.29, 0.717) is 5.71 Å². The number of fused-ring (bicyclic) bond motifs is 8. The van der Waals surface area contributed by atoms with Crippen molar-refractivity contribution in [2.24, 2.45) is 0 Å². The number of hydrogen-bond acceptors (Lipinski definition) is 3. The van der Waals surface area contributed by atoms with E-state index in [4.69, 9.17) is 4.42 Å². The lowest BCUT2D eigenvalue weighted by Crippen LogP contribution is -2.11. The number of pyridine rings is 1. The molecule has 2 heterocycles. The summed E-state index contributed by atoms with van der Waals surface area (Å²) in [6.07, 6.45) is 1.78. The fourth-order valence-corrected chi connectivity index (χ4v) is 6.68. The highest BCUT2D eigenvalue weighted by Gasteiger charge is 2.22. The molecular weight excluding hydrogens is 536 g/mol. The first-order valence-corrected chi connectivity index (χ1v) is 14.9. The quantitative estimate of drug-likeness (QED) is 0.200. The molecule has 3 nitrogen and oxygen atoms in total. The van der Waals surface area contributed by atoms with Crippen LogP contribution in [0.2, 0.25) is 0 Å². The van der Waals surface area contributed by atoms with E-state index >= 15 is 0 Å². The highest BCUT2D eigenvalue weighted by Crippen LogP contribution is 2.46. The van der Waals surface area contributed by atoms with Gasteiger partial charge in [0.2, 0.25) is 5.71 Å². The van der Waals surface area contributed by atoms with Crippen LogP contribution >= 0.6 is 0 Å². The summed E-state index contributed by atoms with van der Waals surface area (Å²) in [5, 5.41) is 9.43. The molecule has 0 N–H and O–H groups in total. The Morgan fingerprint density at radius 1 is 0.455 bits per heavy atom. The highest BCUT2D eigenvalue weighted by atomic mass is 16.3. The maximum atomic E-state index is 6.51. The second kappa shape index (κ2) is 9.82. The SMILES string of the molecule is c1ccc(-c2ccc(N(c3cc4ccc5ccccc5c4c4ccccc34)c3cccc4c3oc3ncccc34)cc2)cc1. The van der Waals surface area contributed by atoms with Gasteiger partial charge in [0.05, 0.1) is 11.4 Å². The molecule has 44 heavy (non-hydrogen) atoms. The van der Waals surface area contributed by atoms with Gasteiger partial charge in [-0.15, -0.1) is 0 Å². The minimum atomic E-state index is 0.643. The molecule has 0 atom stereocenters. The van der Waals surface area contributed by atoms with Crippen molar-refractivity contribution in [2.75, 3.05) is 4.90 Å². The van der Waals surface area contributed by atoms with Crippen molar-refractivity contribution in [1.82, 2.24) is 4.98 Å². The number of hydrogen-bond donors (Lipinski definition) is 0. The van der Waals surface area contributed by atoms with E-state index in [0.717, 1.165) is 33.4 Å². The lowest BCUT2D eigenvalue weighted by Gasteiger charge is -2.28. The monoisotopic (exact) mass is 562 g/mol. The summed E-state index contributed by atoms with van der Waals surface area (Å²) in [6.45, 7) is 0. The van der Waals surface area contributed by atoms with Crippen LogP contribution in [0.1, 0.15) is 0 Å². The Kier molecular flexibility index (Phi) is 5.50. The van der Waals surface area contributed by atoms with Gasteiger partial charge in [-0.25, -0.2) is 4.98 Å². The second-order valence-corrected chi connectivity index (χ2v) is 11.2. The molecule has 0 aliphatic carbocycles. The van der Waals surface area contributed by atoms with Gasteiger partial charge in [-0.3, -0.25) is 0 Å². The summed E-state index contributed by atoms with van der Waals surface area (Å²) in [6, 6.07) is 53.9. The Morgan fingerprint density at radius 3 is 2.00 bits per heavy atom. The number of anilines is 3. The lowest BCUT2D eigenvalue weighted by molar-refractivity contribution is 0.654. The molecule has 0 aliphatic heterocycles. The van der Waals surface area contributed by atoms with Crippen molar-refractivity contribution >= 4 is 71.4 Å². The smallest absolute Gasteiger partial charge is 0.227 e. The summed E-state index contributed by atoms with van der Waals surface area (Å²) in [5.41, 5.74) is 6.94. The Morgan fingerprint density at radius 2 is 1.14 bits per heavy atom. The third-order valence-electron chi connectivity index (χ3n) is 8.69. The predicted molar refractivity (Wildman–Crippen MR) is 184 cm³/mol. The molecule has 2 aromatic heterocycles. The predicted octanol–water partition coefficient (Wildman–Crippen LogP) is 11.6. The van der Waals surface area contributed by atoms with Gasteiger partial charge in [0.25, 0.3) is 0 Å². The van der Waals surface area contributed by atoms with Crippen LogP contribution in [0, 0.1) is 0 Å². The van der Waals surface area contributed by atoms with E-state index in [9.17, 15) is 0 Å². The van der Waals surface area contributed by atoms with Crippen LogP contribution in [0.3, 0.4) is 0 Å². The average Bonchev–Trinajstić information content (AvgIpc) is 3.48. The van der Waals surface area contributed by atoms with Gasteiger partial charge in [0.1, 0.15) is 0 Å². The first kappa shape index (κ1) is 24.6. The molecule has 7 aromatic carbocycles. The lowest BCUT2D eigenvalue weighted by atomic mass is 9.94. The number of aromatic nitrogens is 1. The number of para-hydroxylation sites is 1. The van der Waals surface area contributed by atoms with Crippen molar-refractivity contribution in [3.63, 3.8) is 0 Å². The standard InChI is InChI=1S/C41H26N2O/c1-2-10-27(11-3-1)28-21-23-31(24-22-28)43(37-18-8-16-35-36-17-9-25-42-41(36)44-40(35)37)38-26-30-20-19-29-12-4-5-13-32(29)39(30)34-15-7-6-14-33(34)38/h1-26H. The molecule has 0 unspecified atom stereocenters. The largest absolute Gasteiger partial charge is 0.435 e. The van der Waals surface area contributed by atoms with Crippen LogP contribution in [-0.4, -0.2) is 4.98 Å². The molecule has 0 spiro atoms. The summed E-state index contributed by atoms with van der Waals surface area (Å²) in [7, 11) is 0. The van der Waals surface area contributed by atoms with E-state index in [1.807, 2.05) is 6.07 Å². The van der Waals surface area contributed by atoms with Crippen LogP contribution in [0.25, 0.3) is 65.5 Å². The second-order valence-electron chi connectivity index (χ2n) is 11.2. The minimum Gasteiger partial charge on any atom is -0.435 e. The molecule has 9 aromatic rings. The Balaban J connectivity index is 1.36. The maximum Gasteiger partial charge on any atom is 0.227 e. The van der Waals surface area contributed by atoms with Crippen LogP contribution in [0.5, 0.6) is 0 Å². The summed E-state index contributed by atoms with van der Waals surface area (Å²) in [5.74, 6) is 0. The Labute approximate surface area is 254 Å². The van der Waals surface area contributed by atoms with Crippen LogP contribution < -0.4 is 4.90 Å². The first-order valence-electron chi connectivity index (χ1n) is 14.9. The molecule has 0 radical (unpaired) electrons. The normalized spacial score (nSPS) is 11.6. The summed E-state index contributed by atoms with van der Waals surface area (Å²) < 4.78 is 6.51. The first-order chi connectivity index (χ1) is 21.8. The Hall–Kier alpha value is -5.93. The zero-order valence-electron chi connectivity index (χ0n) is 23.8. The van der Waals surface area contributed by atoms with Gasteiger partial charge in [-0.2, -0.15) is 0 Å². The van der Waals surface area contributed by atoms with Crippen molar-refractivity contribution in [3.8, 4) is 11.1 Å². The molecule has 206 valence electrons. The van der Waals surface area contributed by atoms with Crippen LogP contribution in [0.15, 0.2) is 162 Å². The number of furan rings is 1. The molecule has 0 aliphatic rings. The van der Waals surface area contributed by atoms with Gasteiger partial charge in [0, 0.05) is 28.0 Å². The molecule has 0 bridgehead atoms. The number of benzene rings is 7.